The summed E-state index contributed by atoms with van der Waals surface area (Å²) in [4.78, 5) is 25.3. The first-order chi connectivity index (χ1) is 10.6. The van der Waals surface area contributed by atoms with Crippen LogP contribution in [0.5, 0.6) is 0 Å². The van der Waals surface area contributed by atoms with Crippen LogP contribution in [0.3, 0.4) is 0 Å². The van der Waals surface area contributed by atoms with E-state index in [4.69, 9.17) is 5.11 Å². The molecular weight excluding hydrogens is 284 g/mol. The van der Waals surface area contributed by atoms with E-state index in [1.54, 1.807) is 15.8 Å². The molecule has 3 rings (SSSR count). The number of carbonyl (C=O) groups is 2. The van der Waals surface area contributed by atoms with Crippen molar-refractivity contribution in [3.8, 4) is 0 Å². The van der Waals surface area contributed by atoms with Gasteiger partial charge in [-0.15, -0.1) is 0 Å². The predicted octanol–water partition coefficient (Wildman–Crippen LogP) is 1.69. The van der Waals surface area contributed by atoms with Crippen LogP contribution in [0.25, 0.3) is 0 Å². The van der Waals surface area contributed by atoms with E-state index < -0.39 is 6.09 Å². The van der Waals surface area contributed by atoms with Crippen molar-refractivity contribution in [2.45, 2.75) is 38.6 Å². The van der Waals surface area contributed by atoms with E-state index in [1.807, 2.05) is 6.07 Å². The SMILES string of the molecule is O=C(O)NCC1CN(C(=O)C2CCCCC2)c2ccnn2C1. The zero-order chi connectivity index (χ0) is 15.5. The lowest BCUT2D eigenvalue weighted by atomic mass is 9.88. The quantitative estimate of drug-likeness (QED) is 0.889. The maximum Gasteiger partial charge on any atom is 0.404 e. The van der Waals surface area contributed by atoms with Gasteiger partial charge < -0.3 is 10.4 Å². The van der Waals surface area contributed by atoms with E-state index in [9.17, 15) is 9.59 Å². The van der Waals surface area contributed by atoms with Crippen molar-refractivity contribution in [3.63, 3.8) is 0 Å². The van der Waals surface area contributed by atoms with Crippen molar-refractivity contribution in [1.82, 2.24) is 15.1 Å². The number of amides is 2. The smallest absolute Gasteiger partial charge is 0.404 e. The monoisotopic (exact) mass is 306 g/mol. The van der Waals surface area contributed by atoms with E-state index in [2.05, 4.69) is 10.4 Å². The number of rotatable bonds is 3. The van der Waals surface area contributed by atoms with Gasteiger partial charge in [-0.25, -0.2) is 9.48 Å². The Bertz CT molecular complexity index is 551. The van der Waals surface area contributed by atoms with Gasteiger partial charge in [0, 0.05) is 37.5 Å². The third-order valence-electron chi connectivity index (χ3n) is 4.60. The van der Waals surface area contributed by atoms with Crippen LogP contribution in [0.15, 0.2) is 12.3 Å². The van der Waals surface area contributed by atoms with Gasteiger partial charge in [0.1, 0.15) is 5.82 Å². The number of hydrogen-bond acceptors (Lipinski definition) is 3. The average Bonchev–Trinajstić information content (AvgIpc) is 3.00. The highest BCUT2D eigenvalue weighted by Crippen LogP contribution is 2.30. The third-order valence-corrected chi connectivity index (χ3v) is 4.60. The van der Waals surface area contributed by atoms with Crippen molar-refractivity contribution < 1.29 is 14.7 Å². The summed E-state index contributed by atoms with van der Waals surface area (Å²) < 4.78 is 1.80. The predicted molar refractivity (Wildman–Crippen MR) is 80.7 cm³/mol. The molecule has 0 bridgehead atoms. The molecule has 0 spiro atoms. The second kappa shape index (κ2) is 6.37. The number of aromatic nitrogens is 2. The van der Waals surface area contributed by atoms with E-state index in [1.165, 1.54) is 6.42 Å². The number of hydrogen-bond donors (Lipinski definition) is 2. The molecule has 1 aliphatic heterocycles. The summed E-state index contributed by atoms with van der Waals surface area (Å²) in [5, 5.41) is 15.4. The number of fused-ring (bicyclic) bond motifs is 1. The molecule has 1 aromatic rings. The van der Waals surface area contributed by atoms with E-state index in [0.717, 1.165) is 31.5 Å². The Morgan fingerprint density at radius 3 is 2.77 bits per heavy atom. The van der Waals surface area contributed by atoms with E-state index >= 15 is 0 Å². The molecular formula is C15H22N4O3. The van der Waals surface area contributed by atoms with Crippen molar-refractivity contribution in [2.75, 3.05) is 18.0 Å². The second-order valence-corrected chi connectivity index (χ2v) is 6.21. The van der Waals surface area contributed by atoms with Crippen molar-refractivity contribution >= 4 is 17.8 Å². The number of carbonyl (C=O) groups excluding carboxylic acids is 1. The average molecular weight is 306 g/mol. The Balaban J connectivity index is 1.74. The lowest BCUT2D eigenvalue weighted by Gasteiger charge is -2.36. The Hall–Kier alpha value is -2.05. The van der Waals surface area contributed by atoms with Crippen LogP contribution in [-0.4, -0.2) is 40.0 Å². The van der Waals surface area contributed by atoms with Crippen LogP contribution in [0.4, 0.5) is 10.6 Å². The molecule has 22 heavy (non-hydrogen) atoms. The molecule has 120 valence electrons. The molecule has 1 unspecified atom stereocenters. The Kier molecular flexibility index (Phi) is 4.31. The van der Waals surface area contributed by atoms with E-state index in [-0.39, 0.29) is 17.7 Å². The number of carboxylic acid groups (broad SMARTS) is 1. The molecule has 1 atom stereocenters. The summed E-state index contributed by atoms with van der Waals surface area (Å²) >= 11 is 0. The standard InChI is InChI=1S/C15H22N4O3/c20-14(12-4-2-1-3-5-12)18-9-11(8-16-15(21)22)10-19-13(18)6-7-17-19/h6-7,11-12,16H,1-5,8-10H2,(H,21,22). The summed E-state index contributed by atoms with van der Waals surface area (Å²) in [5.74, 6) is 1.16. The van der Waals surface area contributed by atoms with Gasteiger partial charge in [-0.3, -0.25) is 9.69 Å². The van der Waals surface area contributed by atoms with Crippen LogP contribution >= 0.6 is 0 Å². The molecule has 0 aromatic carbocycles. The summed E-state index contributed by atoms with van der Waals surface area (Å²) in [5.41, 5.74) is 0. The Morgan fingerprint density at radius 2 is 2.05 bits per heavy atom. The van der Waals surface area contributed by atoms with Crippen molar-refractivity contribution in [2.24, 2.45) is 11.8 Å². The molecule has 1 saturated carbocycles. The van der Waals surface area contributed by atoms with Crippen LogP contribution in [-0.2, 0) is 11.3 Å². The zero-order valence-electron chi connectivity index (χ0n) is 12.6. The molecule has 2 amide bonds. The molecule has 1 aromatic heterocycles. The number of anilines is 1. The summed E-state index contributed by atoms with van der Waals surface area (Å²) in [6.07, 6.45) is 6.04. The van der Waals surface area contributed by atoms with Gasteiger partial charge in [0.05, 0.1) is 6.20 Å². The molecule has 7 heteroatoms. The van der Waals surface area contributed by atoms with Gasteiger partial charge in [0.25, 0.3) is 0 Å². The fourth-order valence-corrected chi connectivity index (χ4v) is 3.48. The topological polar surface area (TPSA) is 87.5 Å². The fraction of sp³-hybridized carbons (Fsp3) is 0.667. The molecule has 0 saturated heterocycles. The fourth-order valence-electron chi connectivity index (χ4n) is 3.48. The highest BCUT2D eigenvalue weighted by molar-refractivity contribution is 5.94. The van der Waals surface area contributed by atoms with Gasteiger partial charge in [0.15, 0.2) is 0 Å². The molecule has 0 radical (unpaired) electrons. The van der Waals surface area contributed by atoms with Crippen LogP contribution in [0.1, 0.15) is 32.1 Å². The third kappa shape index (κ3) is 3.08. The van der Waals surface area contributed by atoms with Crippen molar-refractivity contribution in [1.29, 1.82) is 0 Å². The zero-order valence-corrected chi connectivity index (χ0v) is 12.6. The Morgan fingerprint density at radius 1 is 1.27 bits per heavy atom. The molecule has 1 aliphatic carbocycles. The minimum Gasteiger partial charge on any atom is -0.465 e. The molecule has 1 fully saturated rings. The molecule has 7 nitrogen and oxygen atoms in total. The minimum absolute atomic E-state index is 0.0519. The maximum atomic E-state index is 12.8. The van der Waals surface area contributed by atoms with Crippen LogP contribution < -0.4 is 10.2 Å². The van der Waals surface area contributed by atoms with Crippen LogP contribution in [0, 0.1) is 11.8 Å². The first-order valence-electron chi connectivity index (χ1n) is 7.95. The first kappa shape index (κ1) is 14.9. The van der Waals surface area contributed by atoms with Gasteiger partial charge in [-0.1, -0.05) is 19.3 Å². The lowest BCUT2D eigenvalue weighted by Crippen LogP contribution is -2.48. The van der Waals surface area contributed by atoms with Gasteiger partial charge in [-0.05, 0) is 12.8 Å². The Labute approximate surface area is 129 Å². The second-order valence-electron chi connectivity index (χ2n) is 6.21. The minimum atomic E-state index is -1.03. The molecule has 2 heterocycles. The van der Waals surface area contributed by atoms with Gasteiger partial charge >= 0.3 is 6.09 Å². The van der Waals surface area contributed by atoms with E-state index in [0.29, 0.717) is 19.6 Å². The highest BCUT2D eigenvalue weighted by atomic mass is 16.4. The number of nitrogens with zero attached hydrogens (tertiary/aromatic N) is 3. The largest absolute Gasteiger partial charge is 0.465 e. The lowest BCUT2D eigenvalue weighted by molar-refractivity contribution is -0.123. The summed E-state index contributed by atoms with van der Waals surface area (Å²) in [6, 6.07) is 1.86. The summed E-state index contributed by atoms with van der Waals surface area (Å²) in [6.45, 7) is 1.53. The normalized spacial score (nSPS) is 22.2. The number of nitrogens with one attached hydrogen (secondary N) is 1. The maximum absolute atomic E-state index is 12.8. The van der Waals surface area contributed by atoms with Gasteiger partial charge in [-0.2, -0.15) is 5.10 Å². The van der Waals surface area contributed by atoms with Crippen molar-refractivity contribution in [3.05, 3.63) is 12.3 Å². The molecule has 2 N–H and O–H groups in total. The summed E-state index contributed by atoms with van der Waals surface area (Å²) in [7, 11) is 0. The first-order valence-corrected chi connectivity index (χ1v) is 7.95. The highest BCUT2D eigenvalue weighted by Gasteiger charge is 2.33. The van der Waals surface area contributed by atoms with Crippen LogP contribution in [0.2, 0.25) is 0 Å². The molecule has 2 aliphatic rings. The van der Waals surface area contributed by atoms with Gasteiger partial charge in [0.2, 0.25) is 5.91 Å².